The number of ether oxygens (including phenoxy) is 3. The Morgan fingerprint density at radius 1 is 1.12 bits per heavy atom. The molecule has 2 aromatic rings. The van der Waals surface area contributed by atoms with Gasteiger partial charge in [0.1, 0.15) is 22.1 Å². The highest BCUT2D eigenvalue weighted by Gasteiger charge is 2.33. The largest absolute Gasteiger partial charge is 0.497 e. The summed E-state index contributed by atoms with van der Waals surface area (Å²) in [5.74, 6) is 1.94. The smallest absolute Gasteiger partial charge is 0.244 e. The summed E-state index contributed by atoms with van der Waals surface area (Å²) in [6.07, 6.45) is 1.89. The number of fused-ring (bicyclic) bond motifs is 2. The van der Waals surface area contributed by atoms with E-state index in [0.29, 0.717) is 50.5 Å². The predicted octanol–water partition coefficient (Wildman–Crippen LogP) is 2.09. The molecule has 0 saturated heterocycles. The SMILES string of the molecule is COc1ccc(CCNS(=O)(=O)c2c3c(cc4c2OCC4)OCC3)cc1. The molecule has 2 heterocycles. The van der Waals surface area contributed by atoms with Gasteiger partial charge in [0.15, 0.2) is 0 Å². The van der Waals surface area contributed by atoms with Crippen LogP contribution in [0.5, 0.6) is 17.2 Å². The summed E-state index contributed by atoms with van der Waals surface area (Å²) in [6.45, 7) is 1.33. The maximum Gasteiger partial charge on any atom is 0.244 e. The van der Waals surface area contributed by atoms with E-state index in [1.807, 2.05) is 30.3 Å². The van der Waals surface area contributed by atoms with E-state index in [-0.39, 0.29) is 4.90 Å². The number of hydrogen-bond acceptors (Lipinski definition) is 5. The van der Waals surface area contributed by atoms with E-state index in [0.717, 1.165) is 22.4 Å². The first-order valence-electron chi connectivity index (χ1n) is 8.65. The monoisotopic (exact) mass is 375 g/mol. The normalized spacial score (nSPS) is 15.1. The summed E-state index contributed by atoms with van der Waals surface area (Å²) in [5, 5.41) is 0. The Morgan fingerprint density at radius 3 is 2.65 bits per heavy atom. The van der Waals surface area contributed by atoms with Crippen molar-refractivity contribution in [2.45, 2.75) is 24.2 Å². The second-order valence-electron chi connectivity index (χ2n) is 6.36. The van der Waals surface area contributed by atoms with Gasteiger partial charge in [-0.1, -0.05) is 12.1 Å². The summed E-state index contributed by atoms with van der Waals surface area (Å²) in [4.78, 5) is 0.259. The Morgan fingerprint density at radius 2 is 1.88 bits per heavy atom. The van der Waals surface area contributed by atoms with Crippen molar-refractivity contribution in [1.29, 1.82) is 0 Å². The fourth-order valence-corrected chi connectivity index (χ4v) is 4.90. The van der Waals surface area contributed by atoms with Crippen LogP contribution in [0.15, 0.2) is 35.2 Å². The van der Waals surface area contributed by atoms with E-state index in [1.54, 1.807) is 7.11 Å². The number of rotatable bonds is 6. The van der Waals surface area contributed by atoms with Gasteiger partial charge < -0.3 is 14.2 Å². The number of benzene rings is 2. The molecule has 6 nitrogen and oxygen atoms in total. The first-order chi connectivity index (χ1) is 12.6. The van der Waals surface area contributed by atoms with Crippen LogP contribution in [0.3, 0.4) is 0 Å². The average molecular weight is 375 g/mol. The van der Waals surface area contributed by atoms with Crippen LogP contribution in [0.2, 0.25) is 0 Å². The lowest BCUT2D eigenvalue weighted by atomic mass is 10.1. The molecule has 0 spiro atoms. The highest BCUT2D eigenvalue weighted by molar-refractivity contribution is 7.89. The zero-order valence-corrected chi connectivity index (χ0v) is 15.4. The molecule has 7 heteroatoms. The number of methoxy groups -OCH3 is 1. The molecule has 0 bridgehead atoms. The van der Waals surface area contributed by atoms with Crippen LogP contribution < -0.4 is 18.9 Å². The quantitative estimate of drug-likeness (QED) is 0.837. The average Bonchev–Trinajstić information content (AvgIpc) is 3.28. The lowest BCUT2D eigenvalue weighted by Gasteiger charge is -2.14. The van der Waals surface area contributed by atoms with Crippen molar-refractivity contribution in [3.8, 4) is 17.2 Å². The molecule has 0 atom stereocenters. The van der Waals surface area contributed by atoms with Gasteiger partial charge in [-0.05, 0) is 30.2 Å². The maximum absolute atomic E-state index is 13.0. The third kappa shape index (κ3) is 3.12. The van der Waals surface area contributed by atoms with Crippen molar-refractivity contribution in [3.63, 3.8) is 0 Å². The Bertz CT molecular complexity index is 890. The van der Waals surface area contributed by atoms with Crippen molar-refractivity contribution in [2.75, 3.05) is 26.9 Å². The predicted molar refractivity (Wildman–Crippen MR) is 96.7 cm³/mol. The van der Waals surface area contributed by atoms with Crippen molar-refractivity contribution in [1.82, 2.24) is 4.72 Å². The van der Waals surface area contributed by atoms with Gasteiger partial charge >= 0.3 is 0 Å². The van der Waals surface area contributed by atoms with E-state index in [9.17, 15) is 8.42 Å². The van der Waals surface area contributed by atoms with Crippen molar-refractivity contribution in [2.24, 2.45) is 0 Å². The van der Waals surface area contributed by atoms with Gasteiger partial charge in [0, 0.05) is 30.5 Å². The summed E-state index contributed by atoms with van der Waals surface area (Å²) in [5.41, 5.74) is 2.67. The Labute approximate surface area is 153 Å². The van der Waals surface area contributed by atoms with Gasteiger partial charge in [-0.3, -0.25) is 0 Å². The minimum absolute atomic E-state index is 0.259. The van der Waals surface area contributed by atoms with Gasteiger partial charge in [-0.25, -0.2) is 13.1 Å². The molecule has 4 rings (SSSR count). The zero-order valence-electron chi connectivity index (χ0n) is 14.6. The van der Waals surface area contributed by atoms with Gasteiger partial charge in [0.2, 0.25) is 10.0 Å². The van der Waals surface area contributed by atoms with Gasteiger partial charge in [-0.2, -0.15) is 0 Å². The molecule has 0 aliphatic carbocycles. The second kappa shape index (κ2) is 6.81. The van der Waals surface area contributed by atoms with Crippen molar-refractivity contribution in [3.05, 3.63) is 47.0 Å². The molecule has 0 amide bonds. The van der Waals surface area contributed by atoms with Crippen LogP contribution in [-0.2, 0) is 29.3 Å². The standard InChI is InChI=1S/C19H21NO5S/c1-23-15-4-2-13(3-5-15)6-9-20-26(21,22)19-16-8-11-24-17(16)12-14-7-10-25-18(14)19/h2-5,12,20H,6-11H2,1H3. The lowest BCUT2D eigenvalue weighted by molar-refractivity contribution is 0.348. The van der Waals surface area contributed by atoms with Crippen LogP contribution in [0.1, 0.15) is 16.7 Å². The molecule has 1 N–H and O–H groups in total. The molecule has 0 saturated carbocycles. The topological polar surface area (TPSA) is 73.9 Å². The van der Waals surface area contributed by atoms with Crippen LogP contribution in [0.25, 0.3) is 0 Å². The summed E-state index contributed by atoms with van der Waals surface area (Å²) >= 11 is 0. The van der Waals surface area contributed by atoms with Gasteiger partial charge in [0.05, 0.1) is 20.3 Å². The first-order valence-corrected chi connectivity index (χ1v) is 10.1. The zero-order chi connectivity index (χ0) is 18.1. The first kappa shape index (κ1) is 17.2. The summed E-state index contributed by atoms with van der Waals surface area (Å²) < 4.78 is 45.0. The van der Waals surface area contributed by atoms with Crippen molar-refractivity contribution < 1.29 is 22.6 Å². The molecular weight excluding hydrogens is 354 g/mol. The third-order valence-corrected chi connectivity index (χ3v) is 6.29. The van der Waals surface area contributed by atoms with Crippen LogP contribution in [-0.4, -0.2) is 35.3 Å². The summed E-state index contributed by atoms with van der Waals surface area (Å²) in [7, 11) is -2.06. The third-order valence-electron chi connectivity index (χ3n) is 4.74. The Balaban J connectivity index is 1.54. The Hall–Kier alpha value is -2.25. The molecule has 2 aliphatic heterocycles. The molecule has 138 valence electrons. The van der Waals surface area contributed by atoms with Crippen LogP contribution >= 0.6 is 0 Å². The number of sulfonamides is 1. The van der Waals surface area contributed by atoms with E-state index >= 15 is 0 Å². The van der Waals surface area contributed by atoms with Gasteiger partial charge in [0.25, 0.3) is 0 Å². The summed E-state index contributed by atoms with van der Waals surface area (Å²) in [6, 6.07) is 9.52. The molecule has 2 aliphatic rings. The molecule has 0 fully saturated rings. The second-order valence-corrected chi connectivity index (χ2v) is 8.07. The maximum atomic E-state index is 13.0. The fourth-order valence-electron chi connectivity index (χ4n) is 3.42. The molecule has 0 aromatic heterocycles. The Kier molecular flexibility index (Phi) is 4.50. The highest BCUT2D eigenvalue weighted by atomic mass is 32.2. The van der Waals surface area contributed by atoms with Crippen LogP contribution in [0.4, 0.5) is 0 Å². The minimum Gasteiger partial charge on any atom is -0.497 e. The van der Waals surface area contributed by atoms with Gasteiger partial charge in [-0.15, -0.1) is 0 Å². The van der Waals surface area contributed by atoms with Crippen LogP contribution in [0, 0.1) is 0 Å². The van der Waals surface area contributed by atoms with Crippen molar-refractivity contribution >= 4 is 10.0 Å². The molecule has 0 radical (unpaired) electrons. The van der Waals surface area contributed by atoms with E-state index in [1.165, 1.54) is 0 Å². The number of hydrogen-bond donors (Lipinski definition) is 1. The molecular formula is C19H21NO5S. The number of nitrogens with one attached hydrogen (secondary N) is 1. The van der Waals surface area contributed by atoms with E-state index < -0.39 is 10.0 Å². The minimum atomic E-state index is -3.67. The van der Waals surface area contributed by atoms with E-state index in [2.05, 4.69) is 4.72 Å². The molecule has 26 heavy (non-hydrogen) atoms. The fraction of sp³-hybridized carbons (Fsp3) is 0.368. The highest BCUT2D eigenvalue weighted by Crippen LogP contribution is 2.42. The molecule has 2 aromatic carbocycles. The lowest BCUT2D eigenvalue weighted by Crippen LogP contribution is -2.27. The molecule has 0 unspecified atom stereocenters. The van der Waals surface area contributed by atoms with E-state index in [4.69, 9.17) is 14.2 Å².